The molecular formula is C13H13N5. The lowest BCUT2D eigenvalue weighted by Gasteiger charge is -2.18. The average Bonchev–Trinajstić information content (AvgIpc) is 3.04. The zero-order valence-corrected chi connectivity index (χ0v) is 9.85. The minimum absolute atomic E-state index is 1.00. The molecular weight excluding hydrogens is 226 g/mol. The number of nitrogens with zero attached hydrogens (tertiary/aromatic N) is 3. The van der Waals surface area contributed by atoms with Crippen molar-refractivity contribution in [1.29, 1.82) is 0 Å². The van der Waals surface area contributed by atoms with Crippen LogP contribution in [0.1, 0.15) is 12.2 Å². The van der Waals surface area contributed by atoms with Crippen molar-refractivity contribution in [3.63, 3.8) is 0 Å². The van der Waals surface area contributed by atoms with Gasteiger partial charge in [0.25, 0.3) is 0 Å². The van der Waals surface area contributed by atoms with Crippen molar-refractivity contribution in [3.8, 4) is 11.3 Å². The van der Waals surface area contributed by atoms with Crippen LogP contribution in [0.4, 0.5) is 0 Å². The molecule has 0 bridgehead atoms. The lowest BCUT2D eigenvalue weighted by Crippen LogP contribution is -2.25. The molecule has 5 heteroatoms. The first-order chi connectivity index (χ1) is 8.92. The summed E-state index contributed by atoms with van der Waals surface area (Å²) in [5.41, 5.74) is 6.72. The molecule has 0 amide bonds. The number of fused-ring (bicyclic) bond motifs is 2. The van der Waals surface area contributed by atoms with Crippen LogP contribution in [0.5, 0.6) is 0 Å². The van der Waals surface area contributed by atoms with Crippen LogP contribution in [0.15, 0.2) is 30.6 Å². The lowest BCUT2D eigenvalue weighted by atomic mass is 10.1. The van der Waals surface area contributed by atoms with Gasteiger partial charge in [0.2, 0.25) is 0 Å². The lowest BCUT2D eigenvalue weighted by molar-refractivity contribution is 0.651. The number of aromatic nitrogens is 4. The minimum Gasteiger partial charge on any atom is -0.324 e. The summed E-state index contributed by atoms with van der Waals surface area (Å²) in [6, 6.07) is 6.29. The summed E-state index contributed by atoms with van der Waals surface area (Å²) in [4.78, 5) is 4.48. The molecule has 0 radical (unpaired) electrons. The fourth-order valence-electron chi connectivity index (χ4n) is 2.49. The summed E-state index contributed by atoms with van der Waals surface area (Å²) in [5.74, 6) is 1.11. The summed E-state index contributed by atoms with van der Waals surface area (Å²) in [7, 11) is 0. The van der Waals surface area contributed by atoms with Gasteiger partial charge in [0, 0.05) is 23.9 Å². The highest BCUT2D eigenvalue weighted by Crippen LogP contribution is 2.25. The number of aryl methyl sites for hydroxylation is 1. The monoisotopic (exact) mass is 239 g/mol. The number of aromatic amines is 1. The number of H-pyrrole nitrogens is 1. The molecule has 0 saturated heterocycles. The molecule has 18 heavy (non-hydrogen) atoms. The number of nitrogens with one attached hydrogen (secondary N) is 2. The van der Waals surface area contributed by atoms with Gasteiger partial charge in [-0.3, -0.25) is 5.10 Å². The van der Waals surface area contributed by atoms with Crippen LogP contribution >= 0.6 is 0 Å². The van der Waals surface area contributed by atoms with E-state index in [4.69, 9.17) is 0 Å². The first-order valence-electron chi connectivity index (χ1n) is 6.16. The molecule has 3 heterocycles. The van der Waals surface area contributed by atoms with Crippen LogP contribution in [-0.4, -0.2) is 26.4 Å². The number of hydrogen-bond acceptors (Lipinski definition) is 3. The topological polar surface area (TPSA) is 58.5 Å². The molecule has 0 saturated carbocycles. The van der Waals surface area contributed by atoms with E-state index in [2.05, 4.69) is 43.5 Å². The molecule has 0 fully saturated rings. The van der Waals surface area contributed by atoms with Gasteiger partial charge in [0.15, 0.2) is 0 Å². The van der Waals surface area contributed by atoms with Gasteiger partial charge >= 0.3 is 0 Å². The van der Waals surface area contributed by atoms with Gasteiger partial charge in [-0.15, -0.1) is 0 Å². The SMILES string of the molecule is c1cc2[nH]ncc2cc1-c1cnc2n1NCCC2. The van der Waals surface area contributed by atoms with Gasteiger partial charge in [-0.1, -0.05) is 6.07 Å². The molecule has 3 aromatic rings. The van der Waals surface area contributed by atoms with Crippen molar-refractivity contribution >= 4 is 10.9 Å². The third-order valence-corrected chi connectivity index (χ3v) is 3.42. The van der Waals surface area contributed by atoms with Crippen LogP contribution in [-0.2, 0) is 6.42 Å². The Labute approximate surface area is 104 Å². The van der Waals surface area contributed by atoms with Gasteiger partial charge in [0.05, 0.1) is 23.6 Å². The Bertz CT molecular complexity index is 709. The molecule has 90 valence electrons. The van der Waals surface area contributed by atoms with Crippen LogP contribution in [0.25, 0.3) is 22.2 Å². The van der Waals surface area contributed by atoms with Gasteiger partial charge in [-0.05, 0) is 18.6 Å². The number of rotatable bonds is 1. The van der Waals surface area contributed by atoms with Crippen molar-refractivity contribution in [3.05, 3.63) is 36.4 Å². The smallest absolute Gasteiger partial charge is 0.128 e. The second-order valence-corrected chi connectivity index (χ2v) is 4.58. The van der Waals surface area contributed by atoms with E-state index in [0.29, 0.717) is 0 Å². The first-order valence-corrected chi connectivity index (χ1v) is 6.16. The van der Waals surface area contributed by atoms with E-state index in [1.165, 1.54) is 0 Å². The highest BCUT2D eigenvalue weighted by Gasteiger charge is 2.15. The van der Waals surface area contributed by atoms with E-state index in [9.17, 15) is 0 Å². The van der Waals surface area contributed by atoms with Crippen molar-refractivity contribution < 1.29 is 0 Å². The second kappa shape index (κ2) is 3.60. The van der Waals surface area contributed by atoms with Crippen LogP contribution in [0.3, 0.4) is 0 Å². The Balaban J connectivity index is 1.88. The van der Waals surface area contributed by atoms with E-state index in [1.54, 1.807) is 0 Å². The fraction of sp³-hybridized carbons (Fsp3) is 0.231. The van der Waals surface area contributed by atoms with Crippen LogP contribution in [0, 0.1) is 0 Å². The predicted octanol–water partition coefficient (Wildman–Crippen LogP) is 1.92. The zero-order valence-electron chi connectivity index (χ0n) is 9.85. The van der Waals surface area contributed by atoms with Crippen molar-refractivity contribution in [2.45, 2.75) is 12.8 Å². The number of hydrogen-bond donors (Lipinski definition) is 2. The number of imidazole rings is 1. The van der Waals surface area contributed by atoms with Crippen molar-refractivity contribution in [2.24, 2.45) is 0 Å². The van der Waals surface area contributed by atoms with Crippen molar-refractivity contribution in [1.82, 2.24) is 19.9 Å². The maximum absolute atomic E-state index is 4.48. The van der Waals surface area contributed by atoms with Gasteiger partial charge in [0.1, 0.15) is 5.82 Å². The maximum Gasteiger partial charge on any atom is 0.128 e. The highest BCUT2D eigenvalue weighted by molar-refractivity contribution is 5.83. The van der Waals surface area contributed by atoms with Gasteiger partial charge in [-0.2, -0.15) is 5.10 Å². The largest absolute Gasteiger partial charge is 0.324 e. The molecule has 4 rings (SSSR count). The van der Waals surface area contributed by atoms with Crippen molar-refractivity contribution in [2.75, 3.05) is 12.0 Å². The normalized spacial score (nSPS) is 14.4. The molecule has 1 aliphatic rings. The second-order valence-electron chi connectivity index (χ2n) is 4.58. The zero-order chi connectivity index (χ0) is 11.9. The van der Waals surface area contributed by atoms with E-state index >= 15 is 0 Å². The Hall–Kier alpha value is -2.30. The van der Waals surface area contributed by atoms with E-state index in [0.717, 1.165) is 47.4 Å². The summed E-state index contributed by atoms with van der Waals surface area (Å²) >= 11 is 0. The Kier molecular flexibility index (Phi) is 1.94. The van der Waals surface area contributed by atoms with Gasteiger partial charge in [-0.25, -0.2) is 9.66 Å². The molecule has 5 nitrogen and oxygen atoms in total. The fourth-order valence-corrected chi connectivity index (χ4v) is 2.49. The van der Waals surface area contributed by atoms with Crippen LogP contribution < -0.4 is 5.43 Å². The Morgan fingerprint density at radius 2 is 2.22 bits per heavy atom. The molecule has 2 N–H and O–H groups in total. The summed E-state index contributed by atoms with van der Waals surface area (Å²) in [5, 5.41) is 8.14. The third kappa shape index (κ3) is 1.33. The molecule has 1 aromatic carbocycles. The number of benzene rings is 1. The van der Waals surface area contributed by atoms with E-state index in [-0.39, 0.29) is 0 Å². The summed E-state index contributed by atoms with van der Waals surface area (Å²) in [6.07, 6.45) is 5.98. The van der Waals surface area contributed by atoms with E-state index in [1.807, 2.05) is 12.4 Å². The van der Waals surface area contributed by atoms with Crippen LogP contribution in [0.2, 0.25) is 0 Å². The first kappa shape index (κ1) is 9.70. The predicted molar refractivity (Wildman–Crippen MR) is 69.9 cm³/mol. The molecule has 0 atom stereocenters. The molecule has 1 aliphatic heterocycles. The average molecular weight is 239 g/mol. The minimum atomic E-state index is 1.00. The summed E-state index contributed by atoms with van der Waals surface area (Å²) < 4.78 is 2.10. The van der Waals surface area contributed by atoms with Gasteiger partial charge < -0.3 is 5.43 Å². The molecule has 0 spiro atoms. The Morgan fingerprint density at radius 3 is 3.22 bits per heavy atom. The quantitative estimate of drug-likeness (QED) is 0.682. The summed E-state index contributed by atoms with van der Waals surface area (Å²) in [6.45, 7) is 1.00. The highest BCUT2D eigenvalue weighted by atomic mass is 15.4. The standard InChI is InChI=1S/C13H13N5/c1-2-13-14-8-12(18(13)16-5-1)9-3-4-11-10(6-9)7-15-17-11/h3-4,6-8,16H,1-2,5H2,(H,15,17). The maximum atomic E-state index is 4.48. The Morgan fingerprint density at radius 1 is 1.22 bits per heavy atom. The molecule has 2 aromatic heterocycles. The van der Waals surface area contributed by atoms with E-state index < -0.39 is 0 Å². The third-order valence-electron chi connectivity index (χ3n) is 3.42. The molecule has 0 aliphatic carbocycles. The molecule has 0 unspecified atom stereocenters.